The van der Waals surface area contributed by atoms with E-state index in [2.05, 4.69) is 5.32 Å². The third-order valence-corrected chi connectivity index (χ3v) is 6.57. The molecule has 0 saturated heterocycles. The van der Waals surface area contributed by atoms with Crippen LogP contribution in [0.5, 0.6) is 0 Å². The molecule has 32 heavy (non-hydrogen) atoms. The summed E-state index contributed by atoms with van der Waals surface area (Å²) in [4.78, 5) is 11.3. The van der Waals surface area contributed by atoms with Gasteiger partial charge in [0.05, 0.1) is 10.6 Å². The Kier molecular flexibility index (Phi) is 5.68. The molecule has 0 aliphatic carbocycles. The number of carbonyl (C=O) groups excluding carboxylic acids is 1. The van der Waals surface area contributed by atoms with Crippen LogP contribution in [0, 0.1) is 5.82 Å². The molecule has 0 aliphatic rings. The fraction of sp³-hybridized carbons (Fsp3) is 0.0870. The number of hydrogen-bond acceptors (Lipinski definition) is 5. The number of aromatic nitrogens is 1. The topological polar surface area (TPSA) is 107 Å². The summed E-state index contributed by atoms with van der Waals surface area (Å²) >= 11 is 0. The van der Waals surface area contributed by atoms with Crippen molar-refractivity contribution in [1.82, 2.24) is 9.29 Å². The van der Waals surface area contributed by atoms with Gasteiger partial charge in [-0.25, -0.2) is 16.8 Å². The monoisotopic (exact) mass is 453 g/mol. The molecule has 0 unspecified atom stereocenters. The molecule has 0 aliphatic heterocycles. The van der Waals surface area contributed by atoms with E-state index in [4.69, 9.17) is 10.2 Å². The lowest BCUT2D eigenvalue weighted by atomic mass is 10.1. The number of benzene rings is 2. The molecular formula is C23H20FN3O4S. The zero-order valence-corrected chi connectivity index (χ0v) is 17.9. The Morgan fingerprint density at radius 1 is 1.09 bits per heavy atom. The normalized spacial score (nSPS) is 11.6. The first-order valence-corrected chi connectivity index (χ1v) is 11.1. The fourth-order valence-electron chi connectivity index (χ4n) is 3.41. The molecule has 164 valence electrons. The van der Waals surface area contributed by atoms with Crippen LogP contribution in [0.4, 0.5) is 4.39 Å². The highest BCUT2D eigenvalue weighted by Gasteiger charge is 2.24. The van der Waals surface area contributed by atoms with E-state index in [1.165, 1.54) is 42.6 Å². The van der Waals surface area contributed by atoms with Crippen molar-refractivity contribution in [2.24, 2.45) is 5.73 Å². The van der Waals surface area contributed by atoms with Crippen LogP contribution in [0.25, 0.3) is 22.6 Å². The van der Waals surface area contributed by atoms with Gasteiger partial charge in [-0.15, -0.1) is 0 Å². The minimum atomic E-state index is -4.08. The van der Waals surface area contributed by atoms with Crippen LogP contribution in [0.15, 0.2) is 82.2 Å². The second-order valence-corrected chi connectivity index (χ2v) is 8.92. The van der Waals surface area contributed by atoms with Crippen molar-refractivity contribution in [3.05, 3.63) is 90.1 Å². The predicted octanol–water partition coefficient (Wildman–Crippen LogP) is 3.61. The van der Waals surface area contributed by atoms with Gasteiger partial charge in [0.1, 0.15) is 11.6 Å². The van der Waals surface area contributed by atoms with Gasteiger partial charge in [-0.2, -0.15) is 0 Å². The first-order chi connectivity index (χ1) is 15.3. The lowest BCUT2D eigenvalue weighted by Crippen LogP contribution is -2.14. The number of rotatable bonds is 7. The molecule has 4 aromatic rings. The molecule has 1 amide bonds. The van der Waals surface area contributed by atoms with Crippen LogP contribution in [0.3, 0.4) is 0 Å². The standard InChI is InChI=1S/C23H20FN3O4S/c1-26-13-15-11-20(18-7-2-3-8-19(18)24)27(14-15)32(29,30)17-6-4-5-16(12-17)21-9-10-22(31-21)23(25)28/h2-12,14,26H,13H2,1H3,(H2,25,28). The van der Waals surface area contributed by atoms with E-state index in [0.717, 1.165) is 3.97 Å². The first-order valence-electron chi connectivity index (χ1n) is 9.67. The number of furan rings is 1. The Morgan fingerprint density at radius 3 is 2.56 bits per heavy atom. The highest BCUT2D eigenvalue weighted by molar-refractivity contribution is 7.90. The Labute approximate surface area is 184 Å². The van der Waals surface area contributed by atoms with Crippen LogP contribution in [0.1, 0.15) is 16.1 Å². The van der Waals surface area contributed by atoms with Crippen molar-refractivity contribution >= 4 is 15.9 Å². The summed E-state index contributed by atoms with van der Waals surface area (Å²) in [5.74, 6) is -0.980. The summed E-state index contributed by atoms with van der Waals surface area (Å²) < 4.78 is 48.2. The molecule has 0 saturated carbocycles. The summed E-state index contributed by atoms with van der Waals surface area (Å²) in [6.45, 7) is 0.409. The van der Waals surface area contributed by atoms with Crippen LogP contribution in [0.2, 0.25) is 0 Å². The lowest BCUT2D eigenvalue weighted by Gasteiger charge is -2.12. The summed E-state index contributed by atoms with van der Waals surface area (Å²) in [6, 6.07) is 16.7. The van der Waals surface area contributed by atoms with E-state index in [0.29, 0.717) is 23.4 Å². The summed E-state index contributed by atoms with van der Waals surface area (Å²) in [7, 11) is -2.35. The molecule has 0 bridgehead atoms. The van der Waals surface area contributed by atoms with E-state index < -0.39 is 21.7 Å². The molecule has 7 nitrogen and oxygen atoms in total. The largest absolute Gasteiger partial charge is 0.451 e. The number of nitrogens with two attached hydrogens (primary N) is 1. The number of amides is 1. The number of nitrogens with zero attached hydrogens (tertiary/aromatic N) is 1. The zero-order chi connectivity index (χ0) is 22.9. The van der Waals surface area contributed by atoms with Gasteiger partial charge < -0.3 is 15.5 Å². The third kappa shape index (κ3) is 3.95. The number of hydrogen-bond donors (Lipinski definition) is 2. The minimum absolute atomic E-state index is 0.0174. The van der Waals surface area contributed by atoms with Crippen molar-refractivity contribution in [2.45, 2.75) is 11.4 Å². The average Bonchev–Trinajstić information content (AvgIpc) is 3.43. The maximum atomic E-state index is 14.5. The van der Waals surface area contributed by atoms with E-state index >= 15 is 0 Å². The van der Waals surface area contributed by atoms with Gasteiger partial charge in [0.2, 0.25) is 0 Å². The molecular weight excluding hydrogens is 433 g/mol. The van der Waals surface area contributed by atoms with Crippen molar-refractivity contribution in [2.75, 3.05) is 7.05 Å². The van der Waals surface area contributed by atoms with Gasteiger partial charge in [-0.1, -0.05) is 24.3 Å². The zero-order valence-electron chi connectivity index (χ0n) is 17.1. The minimum Gasteiger partial charge on any atom is -0.451 e. The quantitative estimate of drug-likeness (QED) is 0.445. The highest BCUT2D eigenvalue weighted by Crippen LogP contribution is 2.31. The van der Waals surface area contributed by atoms with Gasteiger partial charge in [0, 0.05) is 23.9 Å². The molecule has 0 fully saturated rings. The van der Waals surface area contributed by atoms with E-state index in [1.807, 2.05) is 0 Å². The van der Waals surface area contributed by atoms with E-state index in [-0.39, 0.29) is 21.9 Å². The molecule has 4 rings (SSSR count). The molecule has 0 spiro atoms. The van der Waals surface area contributed by atoms with Gasteiger partial charge in [-0.05, 0) is 55.1 Å². The third-order valence-electron chi connectivity index (χ3n) is 4.90. The summed E-state index contributed by atoms with van der Waals surface area (Å²) in [5, 5.41) is 2.97. The summed E-state index contributed by atoms with van der Waals surface area (Å²) in [5.41, 5.74) is 6.75. The van der Waals surface area contributed by atoms with Crippen molar-refractivity contribution < 1.29 is 22.0 Å². The molecule has 9 heteroatoms. The Bertz CT molecular complexity index is 1410. The van der Waals surface area contributed by atoms with Crippen LogP contribution in [-0.2, 0) is 16.6 Å². The molecule has 0 atom stereocenters. The molecule has 2 heterocycles. The Balaban J connectivity index is 1.83. The molecule has 2 aromatic heterocycles. The van der Waals surface area contributed by atoms with Crippen molar-refractivity contribution in [1.29, 1.82) is 0 Å². The first kappa shape index (κ1) is 21.5. The number of nitrogens with one attached hydrogen (secondary N) is 1. The Morgan fingerprint density at radius 2 is 1.88 bits per heavy atom. The van der Waals surface area contributed by atoms with Gasteiger partial charge >= 0.3 is 0 Å². The van der Waals surface area contributed by atoms with Crippen LogP contribution >= 0.6 is 0 Å². The molecule has 2 aromatic carbocycles. The predicted molar refractivity (Wildman–Crippen MR) is 118 cm³/mol. The van der Waals surface area contributed by atoms with Gasteiger partial charge in [-0.3, -0.25) is 4.79 Å². The Hall–Kier alpha value is -3.69. The fourth-order valence-corrected chi connectivity index (χ4v) is 4.85. The van der Waals surface area contributed by atoms with Crippen molar-refractivity contribution in [3.8, 4) is 22.6 Å². The van der Waals surface area contributed by atoms with E-state index in [1.54, 1.807) is 37.4 Å². The van der Waals surface area contributed by atoms with Crippen LogP contribution < -0.4 is 11.1 Å². The van der Waals surface area contributed by atoms with Gasteiger partial charge in [0.15, 0.2) is 5.76 Å². The number of primary amides is 1. The maximum absolute atomic E-state index is 14.5. The number of carbonyl (C=O) groups is 1. The highest BCUT2D eigenvalue weighted by atomic mass is 32.2. The lowest BCUT2D eigenvalue weighted by molar-refractivity contribution is 0.0974. The van der Waals surface area contributed by atoms with Gasteiger partial charge in [0.25, 0.3) is 15.9 Å². The molecule has 0 radical (unpaired) electrons. The van der Waals surface area contributed by atoms with Crippen molar-refractivity contribution in [3.63, 3.8) is 0 Å². The SMILES string of the molecule is CNCc1cc(-c2ccccc2F)n(S(=O)(=O)c2cccc(-c3ccc(C(N)=O)o3)c2)c1. The average molecular weight is 453 g/mol. The smallest absolute Gasteiger partial charge is 0.284 e. The van der Waals surface area contributed by atoms with Crippen LogP contribution in [-0.4, -0.2) is 25.3 Å². The second kappa shape index (κ2) is 8.45. The van der Waals surface area contributed by atoms with E-state index in [9.17, 15) is 17.6 Å². The molecule has 3 N–H and O–H groups in total. The number of halogens is 1. The maximum Gasteiger partial charge on any atom is 0.284 e. The summed E-state index contributed by atoms with van der Waals surface area (Å²) in [6.07, 6.45) is 1.47. The second-order valence-electron chi connectivity index (χ2n) is 7.10.